The van der Waals surface area contributed by atoms with Crippen molar-refractivity contribution in [2.45, 2.75) is 17.9 Å². The Hall–Kier alpha value is -2.15. The standard InChI is InChI=1S/C21H21BrN2O2S/c1-16-11-13-18(14-12-16)27(25,26)23-15-21(17-7-3-2-4-8-17)24-20-10-6-5-9-19(20)22/h2-14,21,23-24H,15H2,1H3/t21-/m0/s1. The monoisotopic (exact) mass is 444 g/mol. The molecule has 0 amide bonds. The van der Waals surface area contributed by atoms with Crippen LogP contribution in [0.5, 0.6) is 0 Å². The van der Waals surface area contributed by atoms with Crippen molar-refractivity contribution in [1.82, 2.24) is 4.72 Å². The lowest BCUT2D eigenvalue weighted by atomic mass is 10.1. The Bertz CT molecular complexity index is 990. The number of hydrogen-bond acceptors (Lipinski definition) is 3. The van der Waals surface area contributed by atoms with Crippen molar-refractivity contribution < 1.29 is 8.42 Å². The van der Waals surface area contributed by atoms with Crippen LogP contribution in [0.1, 0.15) is 17.2 Å². The number of anilines is 1. The topological polar surface area (TPSA) is 58.2 Å². The molecule has 3 rings (SSSR count). The number of benzene rings is 3. The first-order valence-electron chi connectivity index (χ1n) is 8.58. The fourth-order valence-electron chi connectivity index (χ4n) is 2.70. The molecule has 3 aromatic rings. The van der Waals surface area contributed by atoms with E-state index in [-0.39, 0.29) is 17.5 Å². The summed E-state index contributed by atoms with van der Waals surface area (Å²) in [6.45, 7) is 2.15. The maximum absolute atomic E-state index is 12.7. The number of hydrogen-bond donors (Lipinski definition) is 2. The Labute approximate surface area is 168 Å². The van der Waals surface area contributed by atoms with Gasteiger partial charge in [-0.1, -0.05) is 60.2 Å². The fraction of sp³-hybridized carbons (Fsp3) is 0.143. The first-order chi connectivity index (χ1) is 13.0. The average Bonchev–Trinajstić information content (AvgIpc) is 2.67. The number of halogens is 1. The number of sulfonamides is 1. The summed E-state index contributed by atoms with van der Waals surface area (Å²) in [6.07, 6.45) is 0. The van der Waals surface area contributed by atoms with Crippen LogP contribution in [0.15, 0.2) is 88.2 Å². The lowest BCUT2D eigenvalue weighted by Gasteiger charge is -2.22. The van der Waals surface area contributed by atoms with E-state index in [0.29, 0.717) is 0 Å². The van der Waals surface area contributed by atoms with Crippen LogP contribution < -0.4 is 10.0 Å². The van der Waals surface area contributed by atoms with Crippen LogP contribution in [0.3, 0.4) is 0 Å². The molecule has 27 heavy (non-hydrogen) atoms. The molecule has 4 nitrogen and oxygen atoms in total. The van der Waals surface area contributed by atoms with Crippen molar-refractivity contribution in [3.05, 3.63) is 94.5 Å². The molecule has 1 atom stereocenters. The van der Waals surface area contributed by atoms with E-state index < -0.39 is 10.0 Å². The second kappa shape index (κ2) is 8.69. The van der Waals surface area contributed by atoms with E-state index >= 15 is 0 Å². The number of rotatable bonds is 7. The molecule has 0 bridgehead atoms. The van der Waals surface area contributed by atoms with Crippen molar-refractivity contribution >= 4 is 31.6 Å². The van der Waals surface area contributed by atoms with Crippen molar-refractivity contribution in [2.75, 3.05) is 11.9 Å². The summed E-state index contributed by atoms with van der Waals surface area (Å²) >= 11 is 3.53. The zero-order chi connectivity index (χ0) is 19.3. The Morgan fingerprint density at radius 3 is 2.19 bits per heavy atom. The second-order valence-corrected chi connectivity index (χ2v) is 8.87. The summed E-state index contributed by atoms with van der Waals surface area (Å²) in [7, 11) is -3.58. The molecule has 0 aliphatic heterocycles. The van der Waals surface area contributed by atoms with Crippen LogP contribution >= 0.6 is 15.9 Å². The van der Waals surface area contributed by atoms with E-state index in [1.165, 1.54) is 0 Å². The number of aryl methyl sites for hydroxylation is 1. The predicted molar refractivity (Wildman–Crippen MR) is 113 cm³/mol. The molecule has 0 saturated carbocycles. The molecular weight excluding hydrogens is 424 g/mol. The lowest BCUT2D eigenvalue weighted by molar-refractivity contribution is 0.576. The Morgan fingerprint density at radius 1 is 0.889 bits per heavy atom. The average molecular weight is 445 g/mol. The minimum absolute atomic E-state index is 0.217. The van der Waals surface area contributed by atoms with Crippen LogP contribution in [-0.4, -0.2) is 15.0 Å². The van der Waals surface area contributed by atoms with Gasteiger partial charge in [-0.25, -0.2) is 13.1 Å². The van der Waals surface area contributed by atoms with Gasteiger partial charge < -0.3 is 5.32 Å². The molecule has 0 saturated heterocycles. The minimum Gasteiger partial charge on any atom is -0.376 e. The molecule has 0 aliphatic carbocycles. The smallest absolute Gasteiger partial charge is 0.240 e. The summed E-state index contributed by atoms with van der Waals surface area (Å²) < 4.78 is 29.0. The van der Waals surface area contributed by atoms with Crippen LogP contribution in [0.4, 0.5) is 5.69 Å². The molecule has 3 aromatic carbocycles. The largest absolute Gasteiger partial charge is 0.376 e. The molecule has 0 aliphatic rings. The summed E-state index contributed by atoms with van der Waals surface area (Å²) in [6, 6.07) is 24.2. The van der Waals surface area contributed by atoms with E-state index in [1.807, 2.05) is 61.5 Å². The molecule has 140 valence electrons. The normalized spacial score (nSPS) is 12.5. The highest BCUT2D eigenvalue weighted by molar-refractivity contribution is 9.10. The van der Waals surface area contributed by atoms with Gasteiger partial charge in [0.05, 0.1) is 10.9 Å². The van der Waals surface area contributed by atoms with Gasteiger partial charge in [-0.05, 0) is 52.7 Å². The number of para-hydroxylation sites is 1. The van der Waals surface area contributed by atoms with Gasteiger partial charge in [0, 0.05) is 16.7 Å². The van der Waals surface area contributed by atoms with Gasteiger partial charge in [0.25, 0.3) is 0 Å². The SMILES string of the molecule is Cc1ccc(S(=O)(=O)NC[C@H](Nc2ccccc2Br)c2ccccc2)cc1. The summed E-state index contributed by atoms with van der Waals surface area (Å²) in [5.41, 5.74) is 2.92. The van der Waals surface area contributed by atoms with Gasteiger partial charge in [0.2, 0.25) is 10.0 Å². The van der Waals surface area contributed by atoms with E-state index in [0.717, 1.165) is 21.3 Å². The van der Waals surface area contributed by atoms with Gasteiger partial charge in [0.1, 0.15) is 0 Å². The van der Waals surface area contributed by atoms with Gasteiger partial charge in [0.15, 0.2) is 0 Å². The lowest BCUT2D eigenvalue weighted by Crippen LogP contribution is -2.31. The Morgan fingerprint density at radius 2 is 1.52 bits per heavy atom. The third-order valence-corrected chi connectivity index (χ3v) is 6.35. The summed E-state index contributed by atoms with van der Waals surface area (Å²) in [5.74, 6) is 0. The molecule has 0 unspecified atom stereocenters. The van der Waals surface area contributed by atoms with E-state index in [4.69, 9.17) is 0 Å². The van der Waals surface area contributed by atoms with Crippen LogP contribution in [0.2, 0.25) is 0 Å². The van der Waals surface area contributed by atoms with Crippen LogP contribution in [0, 0.1) is 6.92 Å². The van der Waals surface area contributed by atoms with E-state index in [1.54, 1.807) is 24.3 Å². The highest BCUT2D eigenvalue weighted by atomic mass is 79.9. The van der Waals surface area contributed by atoms with E-state index in [9.17, 15) is 8.42 Å². The fourth-order valence-corrected chi connectivity index (χ4v) is 4.14. The molecule has 0 aromatic heterocycles. The molecular formula is C21H21BrN2O2S. The Balaban J connectivity index is 1.81. The van der Waals surface area contributed by atoms with Gasteiger partial charge in [-0.15, -0.1) is 0 Å². The van der Waals surface area contributed by atoms with Crippen molar-refractivity contribution in [3.8, 4) is 0 Å². The summed E-state index contributed by atoms with van der Waals surface area (Å²) in [4.78, 5) is 0.265. The molecule has 6 heteroatoms. The van der Waals surface area contributed by atoms with Gasteiger partial charge >= 0.3 is 0 Å². The zero-order valence-corrected chi connectivity index (χ0v) is 17.3. The Kier molecular flexibility index (Phi) is 6.31. The first-order valence-corrected chi connectivity index (χ1v) is 10.9. The quantitative estimate of drug-likeness (QED) is 0.545. The van der Waals surface area contributed by atoms with Gasteiger partial charge in [-0.2, -0.15) is 0 Å². The molecule has 0 radical (unpaired) electrons. The van der Waals surface area contributed by atoms with Crippen molar-refractivity contribution in [3.63, 3.8) is 0 Å². The molecule has 0 spiro atoms. The van der Waals surface area contributed by atoms with Crippen LogP contribution in [0.25, 0.3) is 0 Å². The highest BCUT2D eigenvalue weighted by Gasteiger charge is 2.18. The molecule has 0 fully saturated rings. The molecule has 2 N–H and O–H groups in total. The maximum Gasteiger partial charge on any atom is 0.240 e. The zero-order valence-electron chi connectivity index (χ0n) is 14.9. The van der Waals surface area contributed by atoms with Crippen LogP contribution in [-0.2, 0) is 10.0 Å². The number of nitrogens with one attached hydrogen (secondary N) is 2. The maximum atomic E-state index is 12.7. The third kappa shape index (κ3) is 5.19. The van der Waals surface area contributed by atoms with Crippen molar-refractivity contribution in [2.24, 2.45) is 0 Å². The predicted octanol–water partition coefficient (Wildman–Crippen LogP) is 4.89. The second-order valence-electron chi connectivity index (χ2n) is 6.25. The minimum atomic E-state index is -3.58. The van der Waals surface area contributed by atoms with Crippen molar-refractivity contribution in [1.29, 1.82) is 0 Å². The highest BCUT2D eigenvalue weighted by Crippen LogP contribution is 2.26. The van der Waals surface area contributed by atoms with Gasteiger partial charge in [-0.3, -0.25) is 0 Å². The van der Waals surface area contributed by atoms with E-state index in [2.05, 4.69) is 26.0 Å². The molecule has 0 heterocycles. The first kappa shape index (κ1) is 19.6. The third-order valence-electron chi connectivity index (χ3n) is 4.21. The summed E-state index contributed by atoms with van der Waals surface area (Å²) in [5, 5.41) is 3.42.